The predicted molar refractivity (Wildman–Crippen MR) is 210 cm³/mol. The fourth-order valence-electron chi connectivity index (χ4n) is 7.23. The highest BCUT2D eigenvalue weighted by Gasteiger charge is 2.15. The first-order valence-corrected chi connectivity index (χ1v) is 16.8. The molecule has 0 aliphatic carbocycles. The van der Waals surface area contributed by atoms with Gasteiger partial charge in [0.05, 0.1) is 0 Å². The standard InChI is InChI=1S/C48H33N/c1-3-11-34(12-4-1)35-21-23-36(24-22-35)39-14-9-17-42(33-39)49(40-15-5-2-6-16-40)41-28-25-38(26-29-41)44-19-10-20-45-46(44)31-32-47-43-18-8-7-13-37(43)27-30-48(45)47/h1-33H. The Balaban J connectivity index is 1.09. The minimum absolute atomic E-state index is 1.11. The summed E-state index contributed by atoms with van der Waals surface area (Å²) in [7, 11) is 0. The lowest BCUT2D eigenvalue weighted by molar-refractivity contribution is 1.28. The third kappa shape index (κ3) is 5.32. The van der Waals surface area contributed by atoms with Crippen LogP contribution in [0.1, 0.15) is 0 Å². The molecular formula is C48H33N. The quantitative estimate of drug-likeness (QED) is 0.167. The first-order chi connectivity index (χ1) is 24.3. The molecule has 0 bridgehead atoms. The van der Waals surface area contributed by atoms with Crippen molar-refractivity contribution >= 4 is 49.4 Å². The van der Waals surface area contributed by atoms with Gasteiger partial charge in [0.15, 0.2) is 0 Å². The number of fused-ring (bicyclic) bond motifs is 5. The van der Waals surface area contributed by atoms with Gasteiger partial charge in [-0.1, -0.05) is 164 Å². The van der Waals surface area contributed by atoms with Gasteiger partial charge in [0.1, 0.15) is 0 Å². The van der Waals surface area contributed by atoms with Crippen LogP contribution in [0.2, 0.25) is 0 Å². The second-order valence-corrected chi connectivity index (χ2v) is 12.6. The van der Waals surface area contributed by atoms with E-state index in [0.717, 1.165) is 17.1 Å². The Morgan fingerprint density at radius 1 is 0.245 bits per heavy atom. The number of anilines is 3. The Hall–Kier alpha value is -6.44. The van der Waals surface area contributed by atoms with Crippen molar-refractivity contribution in [3.63, 3.8) is 0 Å². The van der Waals surface area contributed by atoms with Gasteiger partial charge in [-0.3, -0.25) is 0 Å². The molecule has 0 heterocycles. The Morgan fingerprint density at radius 3 is 1.53 bits per heavy atom. The van der Waals surface area contributed by atoms with Crippen LogP contribution in [-0.2, 0) is 0 Å². The average Bonchev–Trinajstić information content (AvgIpc) is 3.19. The van der Waals surface area contributed by atoms with Crippen LogP contribution in [0, 0.1) is 0 Å². The van der Waals surface area contributed by atoms with E-state index in [1.807, 2.05) is 0 Å². The second kappa shape index (κ2) is 12.3. The molecule has 0 N–H and O–H groups in total. The van der Waals surface area contributed by atoms with Crippen LogP contribution in [0.25, 0.3) is 65.7 Å². The summed E-state index contributed by atoms with van der Waals surface area (Å²) >= 11 is 0. The SMILES string of the molecule is c1ccc(-c2ccc(-c3cccc(N(c4ccccc4)c4ccc(-c5cccc6c5ccc5c7ccccc7ccc65)cc4)c3)cc2)cc1. The maximum Gasteiger partial charge on any atom is 0.0467 e. The highest BCUT2D eigenvalue weighted by Crippen LogP contribution is 2.40. The fraction of sp³-hybridized carbons (Fsp3) is 0. The Kier molecular flexibility index (Phi) is 7.22. The zero-order valence-corrected chi connectivity index (χ0v) is 27.0. The summed E-state index contributed by atoms with van der Waals surface area (Å²) in [5.41, 5.74) is 10.6. The van der Waals surface area contributed by atoms with Crippen LogP contribution in [-0.4, -0.2) is 0 Å². The van der Waals surface area contributed by atoms with Crippen molar-refractivity contribution in [2.75, 3.05) is 4.90 Å². The van der Waals surface area contributed by atoms with E-state index in [1.54, 1.807) is 0 Å². The minimum atomic E-state index is 1.11. The van der Waals surface area contributed by atoms with Gasteiger partial charge in [-0.2, -0.15) is 0 Å². The van der Waals surface area contributed by atoms with Crippen molar-refractivity contribution in [2.45, 2.75) is 0 Å². The van der Waals surface area contributed by atoms with Crippen LogP contribution in [0.15, 0.2) is 200 Å². The highest BCUT2D eigenvalue weighted by atomic mass is 15.1. The highest BCUT2D eigenvalue weighted by molar-refractivity contribution is 6.19. The van der Waals surface area contributed by atoms with Crippen molar-refractivity contribution in [2.24, 2.45) is 0 Å². The molecule has 230 valence electrons. The van der Waals surface area contributed by atoms with Crippen molar-refractivity contribution in [3.05, 3.63) is 200 Å². The molecule has 0 saturated carbocycles. The van der Waals surface area contributed by atoms with Crippen LogP contribution >= 0.6 is 0 Å². The molecule has 0 fully saturated rings. The Labute approximate surface area is 287 Å². The first kappa shape index (κ1) is 28.8. The van der Waals surface area contributed by atoms with E-state index in [0.29, 0.717) is 0 Å². The minimum Gasteiger partial charge on any atom is -0.310 e. The lowest BCUT2D eigenvalue weighted by atomic mass is 9.92. The van der Waals surface area contributed by atoms with Crippen molar-refractivity contribution < 1.29 is 0 Å². The molecule has 1 nitrogen and oxygen atoms in total. The van der Waals surface area contributed by atoms with Crippen molar-refractivity contribution in [3.8, 4) is 33.4 Å². The van der Waals surface area contributed by atoms with Crippen molar-refractivity contribution in [1.82, 2.24) is 0 Å². The molecule has 9 aromatic rings. The number of benzene rings is 9. The molecule has 0 unspecified atom stereocenters. The van der Waals surface area contributed by atoms with E-state index >= 15 is 0 Å². The summed E-state index contributed by atoms with van der Waals surface area (Å²) in [5, 5.41) is 7.71. The summed E-state index contributed by atoms with van der Waals surface area (Å²) < 4.78 is 0. The predicted octanol–water partition coefficient (Wildman–Crippen LogP) is 13.6. The topological polar surface area (TPSA) is 3.24 Å². The van der Waals surface area contributed by atoms with Crippen molar-refractivity contribution in [1.29, 1.82) is 0 Å². The molecule has 49 heavy (non-hydrogen) atoms. The van der Waals surface area contributed by atoms with E-state index in [4.69, 9.17) is 0 Å². The second-order valence-electron chi connectivity index (χ2n) is 12.6. The summed E-state index contributed by atoms with van der Waals surface area (Å²) in [4.78, 5) is 2.34. The van der Waals surface area contributed by atoms with Crippen LogP contribution < -0.4 is 4.90 Å². The smallest absolute Gasteiger partial charge is 0.0467 e. The third-order valence-electron chi connectivity index (χ3n) is 9.66. The zero-order valence-electron chi connectivity index (χ0n) is 27.0. The van der Waals surface area contributed by atoms with Gasteiger partial charge in [-0.05, 0) is 102 Å². The molecule has 0 aliphatic rings. The number of rotatable bonds is 6. The first-order valence-electron chi connectivity index (χ1n) is 16.8. The van der Waals surface area contributed by atoms with Gasteiger partial charge < -0.3 is 4.90 Å². The normalized spacial score (nSPS) is 11.3. The molecule has 0 radical (unpaired) electrons. The maximum absolute atomic E-state index is 2.34. The molecule has 0 atom stereocenters. The zero-order chi connectivity index (χ0) is 32.6. The summed E-state index contributed by atoms with van der Waals surface area (Å²) in [5.74, 6) is 0. The summed E-state index contributed by atoms with van der Waals surface area (Å²) in [6.07, 6.45) is 0. The number of hydrogen-bond donors (Lipinski definition) is 0. The molecule has 9 rings (SSSR count). The third-order valence-corrected chi connectivity index (χ3v) is 9.66. The molecule has 9 aromatic carbocycles. The van der Waals surface area contributed by atoms with E-state index in [2.05, 4.69) is 205 Å². The van der Waals surface area contributed by atoms with Gasteiger partial charge in [-0.25, -0.2) is 0 Å². The number of hydrogen-bond acceptors (Lipinski definition) is 1. The van der Waals surface area contributed by atoms with Gasteiger partial charge in [0.2, 0.25) is 0 Å². The monoisotopic (exact) mass is 623 g/mol. The Bertz CT molecular complexity index is 2570. The van der Waals surface area contributed by atoms with Crippen LogP contribution in [0.4, 0.5) is 17.1 Å². The number of para-hydroxylation sites is 1. The van der Waals surface area contributed by atoms with Gasteiger partial charge >= 0.3 is 0 Å². The average molecular weight is 624 g/mol. The molecular weight excluding hydrogens is 591 g/mol. The number of nitrogens with zero attached hydrogens (tertiary/aromatic N) is 1. The molecule has 0 aromatic heterocycles. The molecule has 0 saturated heterocycles. The molecule has 1 heteroatoms. The van der Waals surface area contributed by atoms with Crippen LogP contribution in [0.3, 0.4) is 0 Å². The molecule has 0 spiro atoms. The molecule has 0 amide bonds. The van der Waals surface area contributed by atoms with E-state index in [1.165, 1.54) is 65.7 Å². The fourth-order valence-corrected chi connectivity index (χ4v) is 7.23. The van der Waals surface area contributed by atoms with Gasteiger partial charge in [0, 0.05) is 17.1 Å². The van der Waals surface area contributed by atoms with E-state index < -0.39 is 0 Å². The molecule has 0 aliphatic heterocycles. The van der Waals surface area contributed by atoms with Gasteiger partial charge in [0.25, 0.3) is 0 Å². The maximum atomic E-state index is 2.34. The Morgan fingerprint density at radius 2 is 0.735 bits per heavy atom. The van der Waals surface area contributed by atoms with Gasteiger partial charge in [-0.15, -0.1) is 0 Å². The van der Waals surface area contributed by atoms with E-state index in [-0.39, 0.29) is 0 Å². The summed E-state index contributed by atoms with van der Waals surface area (Å²) in [6, 6.07) is 72.3. The lowest BCUT2D eigenvalue weighted by Crippen LogP contribution is -2.09. The van der Waals surface area contributed by atoms with Crippen LogP contribution in [0.5, 0.6) is 0 Å². The van der Waals surface area contributed by atoms with E-state index in [9.17, 15) is 0 Å². The lowest BCUT2D eigenvalue weighted by Gasteiger charge is -2.26. The summed E-state index contributed by atoms with van der Waals surface area (Å²) in [6.45, 7) is 0. The largest absolute Gasteiger partial charge is 0.310 e.